The molecular weight excluding hydrogens is 228 g/mol. The number of rotatable bonds is 9. The predicted octanol–water partition coefficient (Wildman–Crippen LogP) is 0.888. The van der Waals surface area contributed by atoms with Crippen molar-refractivity contribution in [3.8, 4) is 0 Å². The van der Waals surface area contributed by atoms with Gasteiger partial charge in [0.05, 0.1) is 19.3 Å². The van der Waals surface area contributed by atoms with Crippen LogP contribution in [0.2, 0.25) is 0 Å². The smallest absolute Gasteiger partial charge is 0.0914 e. The lowest BCUT2D eigenvalue weighted by Gasteiger charge is -2.13. The van der Waals surface area contributed by atoms with Crippen molar-refractivity contribution < 1.29 is 9.84 Å². The summed E-state index contributed by atoms with van der Waals surface area (Å²) in [5.41, 5.74) is 0.943. The molecule has 0 heterocycles. The molecular formula is C14H24N2O2. The number of benzene rings is 1. The molecule has 0 saturated heterocycles. The molecule has 1 unspecified atom stereocenters. The van der Waals surface area contributed by atoms with E-state index >= 15 is 0 Å². The first-order chi connectivity index (χ1) is 8.70. The van der Waals surface area contributed by atoms with E-state index in [2.05, 4.69) is 10.2 Å². The van der Waals surface area contributed by atoms with Crippen molar-refractivity contribution >= 4 is 0 Å². The Morgan fingerprint density at radius 3 is 2.61 bits per heavy atom. The van der Waals surface area contributed by atoms with E-state index in [1.165, 1.54) is 0 Å². The van der Waals surface area contributed by atoms with Gasteiger partial charge in [0, 0.05) is 19.6 Å². The van der Waals surface area contributed by atoms with Gasteiger partial charge in [-0.2, -0.15) is 0 Å². The molecule has 0 aromatic heterocycles. The summed E-state index contributed by atoms with van der Waals surface area (Å²) in [7, 11) is 4.05. The van der Waals surface area contributed by atoms with Crippen LogP contribution in [0.15, 0.2) is 30.3 Å². The molecule has 0 amide bonds. The fourth-order valence-corrected chi connectivity index (χ4v) is 1.53. The summed E-state index contributed by atoms with van der Waals surface area (Å²) in [6.45, 7) is 3.68. The summed E-state index contributed by atoms with van der Waals surface area (Å²) >= 11 is 0. The summed E-state index contributed by atoms with van der Waals surface area (Å²) in [4.78, 5) is 2.09. The molecule has 0 spiro atoms. The van der Waals surface area contributed by atoms with Gasteiger partial charge < -0.3 is 20.1 Å². The number of aliphatic hydroxyl groups excluding tert-OH is 1. The third kappa shape index (κ3) is 6.71. The van der Waals surface area contributed by atoms with Crippen LogP contribution < -0.4 is 5.32 Å². The average molecular weight is 252 g/mol. The molecule has 4 heteroatoms. The van der Waals surface area contributed by atoms with Crippen molar-refractivity contribution in [2.24, 2.45) is 0 Å². The average Bonchev–Trinajstić information content (AvgIpc) is 2.38. The van der Waals surface area contributed by atoms with Crippen LogP contribution in [0, 0.1) is 0 Å². The number of nitrogens with zero attached hydrogens (tertiary/aromatic N) is 1. The number of nitrogens with one attached hydrogen (secondary N) is 1. The summed E-state index contributed by atoms with van der Waals surface area (Å²) in [6, 6.07) is 9.67. The molecule has 102 valence electrons. The van der Waals surface area contributed by atoms with Crippen LogP contribution >= 0.6 is 0 Å². The Hall–Kier alpha value is -0.940. The van der Waals surface area contributed by atoms with Crippen molar-refractivity contribution in [2.75, 3.05) is 46.9 Å². The van der Waals surface area contributed by atoms with Gasteiger partial charge in [0.25, 0.3) is 0 Å². The minimum absolute atomic E-state index is 0.451. The predicted molar refractivity (Wildman–Crippen MR) is 73.6 cm³/mol. The van der Waals surface area contributed by atoms with Gasteiger partial charge in [0.15, 0.2) is 0 Å². The Labute approximate surface area is 110 Å². The second-order valence-electron chi connectivity index (χ2n) is 4.55. The molecule has 0 radical (unpaired) electrons. The first-order valence-corrected chi connectivity index (χ1v) is 6.36. The summed E-state index contributed by atoms with van der Waals surface area (Å²) < 4.78 is 5.45. The molecule has 18 heavy (non-hydrogen) atoms. The third-order valence-electron chi connectivity index (χ3n) is 2.63. The summed E-state index contributed by atoms with van der Waals surface area (Å²) in [6.07, 6.45) is -0.451. The molecule has 0 aliphatic heterocycles. The topological polar surface area (TPSA) is 44.7 Å². The Morgan fingerprint density at radius 1 is 1.22 bits per heavy atom. The monoisotopic (exact) mass is 252 g/mol. The van der Waals surface area contributed by atoms with Gasteiger partial charge in [-0.15, -0.1) is 0 Å². The van der Waals surface area contributed by atoms with E-state index in [1.807, 2.05) is 44.4 Å². The van der Waals surface area contributed by atoms with Crippen molar-refractivity contribution in [3.63, 3.8) is 0 Å². The molecule has 1 atom stereocenters. The molecule has 1 aromatic carbocycles. The van der Waals surface area contributed by atoms with Crippen LogP contribution in [0.5, 0.6) is 0 Å². The van der Waals surface area contributed by atoms with Gasteiger partial charge in [-0.3, -0.25) is 0 Å². The summed E-state index contributed by atoms with van der Waals surface area (Å²) in [5.74, 6) is 0. The molecule has 4 nitrogen and oxygen atoms in total. The molecule has 0 aliphatic rings. The highest BCUT2D eigenvalue weighted by atomic mass is 16.5. The molecule has 2 N–H and O–H groups in total. The van der Waals surface area contributed by atoms with Gasteiger partial charge in [-0.05, 0) is 19.7 Å². The Bertz CT molecular complexity index is 304. The standard InChI is InChI=1S/C14H24N2O2/c1-16(2)9-11-18-10-8-15-12-14(17)13-6-4-3-5-7-13/h3-7,14-15,17H,8-12H2,1-2H3. The molecule has 1 rings (SSSR count). The van der Waals surface area contributed by atoms with E-state index in [0.29, 0.717) is 13.2 Å². The van der Waals surface area contributed by atoms with Crippen LogP contribution in [0.1, 0.15) is 11.7 Å². The van der Waals surface area contributed by atoms with Crippen molar-refractivity contribution in [1.82, 2.24) is 10.2 Å². The third-order valence-corrected chi connectivity index (χ3v) is 2.63. The lowest BCUT2D eigenvalue weighted by atomic mass is 10.1. The fourth-order valence-electron chi connectivity index (χ4n) is 1.53. The number of hydrogen-bond donors (Lipinski definition) is 2. The molecule has 0 aliphatic carbocycles. The van der Waals surface area contributed by atoms with Crippen molar-refractivity contribution in [3.05, 3.63) is 35.9 Å². The van der Waals surface area contributed by atoms with Crippen LogP contribution in [0.3, 0.4) is 0 Å². The van der Waals surface area contributed by atoms with Gasteiger partial charge in [-0.25, -0.2) is 0 Å². The molecule has 0 saturated carbocycles. The normalized spacial score (nSPS) is 12.9. The van der Waals surface area contributed by atoms with Crippen LogP contribution in [-0.2, 0) is 4.74 Å². The number of likely N-dealkylation sites (N-methyl/N-ethyl adjacent to an activating group) is 1. The van der Waals surface area contributed by atoms with Crippen molar-refractivity contribution in [1.29, 1.82) is 0 Å². The Morgan fingerprint density at radius 2 is 1.94 bits per heavy atom. The fraction of sp³-hybridized carbons (Fsp3) is 0.571. The van der Waals surface area contributed by atoms with E-state index in [9.17, 15) is 5.11 Å². The maximum Gasteiger partial charge on any atom is 0.0914 e. The van der Waals surface area contributed by atoms with E-state index in [1.54, 1.807) is 0 Å². The SMILES string of the molecule is CN(C)CCOCCNCC(O)c1ccccc1. The second kappa shape index (κ2) is 9.05. The van der Waals surface area contributed by atoms with Gasteiger partial charge in [-0.1, -0.05) is 30.3 Å². The lowest BCUT2D eigenvalue weighted by Crippen LogP contribution is -2.26. The minimum Gasteiger partial charge on any atom is -0.387 e. The molecule has 1 aromatic rings. The number of ether oxygens (including phenoxy) is 1. The Kier molecular flexibility index (Phi) is 7.60. The highest BCUT2D eigenvalue weighted by molar-refractivity contribution is 5.17. The molecule has 0 bridgehead atoms. The lowest BCUT2D eigenvalue weighted by molar-refractivity contribution is 0.114. The highest BCUT2D eigenvalue weighted by Gasteiger charge is 2.05. The van der Waals surface area contributed by atoms with Gasteiger partial charge in [0.2, 0.25) is 0 Å². The van der Waals surface area contributed by atoms with E-state index in [-0.39, 0.29) is 0 Å². The first-order valence-electron chi connectivity index (χ1n) is 6.36. The first kappa shape index (κ1) is 15.1. The van der Waals surface area contributed by atoms with E-state index < -0.39 is 6.10 Å². The quantitative estimate of drug-likeness (QED) is 0.641. The van der Waals surface area contributed by atoms with Gasteiger partial charge >= 0.3 is 0 Å². The zero-order chi connectivity index (χ0) is 13.2. The second-order valence-corrected chi connectivity index (χ2v) is 4.55. The summed E-state index contributed by atoms with van der Waals surface area (Å²) in [5, 5.41) is 13.1. The number of aliphatic hydroxyl groups is 1. The van der Waals surface area contributed by atoms with Crippen LogP contribution in [0.25, 0.3) is 0 Å². The largest absolute Gasteiger partial charge is 0.387 e. The number of hydrogen-bond acceptors (Lipinski definition) is 4. The van der Waals surface area contributed by atoms with E-state index in [0.717, 1.165) is 25.3 Å². The van der Waals surface area contributed by atoms with Crippen molar-refractivity contribution in [2.45, 2.75) is 6.10 Å². The zero-order valence-corrected chi connectivity index (χ0v) is 11.3. The maximum atomic E-state index is 9.89. The zero-order valence-electron chi connectivity index (χ0n) is 11.3. The van der Waals surface area contributed by atoms with Crippen LogP contribution in [-0.4, -0.2) is 56.9 Å². The van der Waals surface area contributed by atoms with Gasteiger partial charge in [0.1, 0.15) is 0 Å². The Balaban J connectivity index is 2.01. The maximum absolute atomic E-state index is 9.89. The van der Waals surface area contributed by atoms with E-state index in [4.69, 9.17) is 4.74 Å². The minimum atomic E-state index is -0.451. The van der Waals surface area contributed by atoms with Crippen LogP contribution in [0.4, 0.5) is 0 Å². The highest BCUT2D eigenvalue weighted by Crippen LogP contribution is 2.09. The molecule has 0 fully saturated rings.